The molecule has 0 atom stereocenters. The molecular formula is C21H19N3O3. The van der Waals surface area contributed by atoms with Crippen LogP contribution in [0, 0.1) is 6.92 Å². The van der Waals surface area contributed by atoms with Crippen LogP contribution in [0.1, 0.15) is 26.4 Å². The first-order valence-corrected chi connectivity index (χ1v) is 8.36. The standard InChI is InChI=1S/C21H19N3O3/c1-14-7-3-4-8-16(14)20(25)24-18-13-15(10-11-19(18)27-2)23-21(26)17-9-5-6-12-22-17/h3-13H,1-2H3,(H,23,26)(H,24,25). The third-order valence-corrected chi connectivity index (χ3v) is 3.99. The van der Waals surface area contributed by atoms with Gasteiger partial charge in [0, 0.05) is 17.4 Å². The molecule has 0 aliphatic rings. The van der Waals surface area contributed by atoms with Gasteiger partial charge in [0.2, 0.25) is 0 Å². The molecule has 0 saturated carbocycles. The van der Waals surface area contributed by atoms with Gasteiger partial charge in [0.1, 0.15) is 11.4 Å². The number of nitrogens with zero attached hydrogens (tertiary/aromatic N) is 1. The number of amides is 2. The molecule has 3 rings (SSSR count). The van der Waals surface area contributed by atoms with Crippen LogP contribution < -0.4 is 15.4 Å². The van der Waals surface area contributed by atoms with E-state index >= 15 is 0 Å². The molecule has 0 spiro atoms. The van der Waals surface area contributed by atoms with Crippen molar-refractivity contribution in [3.05, 3.63) is 83.7 Å². The maximum absolute atomic E-state index is 12.6. The van der Waals surface area contributed by atoms with Crippen LogP contribution in [0.15, 0.2) is 66.9 Å². The fraction of sp³-hybridized carbons (Fsp3) is 0.0952. The van der Waals surface area contributed by atoms with Crippen LogP contribution in [0.2, 0.25) is 0 Å². The van der Waals surface area contributed by atoms with Crippen molar-refractivity contribution < 1.29 is 14.3 Å². The zero-order valence-corrected chi connectivity index (χ0v) is 15.0. The van der Waals surface area contributed by atoms with Crippen LogP contribution >= 0.6 is 0 Å². The van der Waals surface area contributed by atoms with Gasteiger partial charge in [0.05, 0.1) is 12.8 Å². The summed E-state index contributed by atoms with van der Waals surface area (Å²) in [5.41, 5.74) is 2.73. The lowest BCUT2D eigenvalue weighted by Crippen LogP contribution is -2.16. The van der Waals surface area contributed by atoms with Crippen LogP contribution in [0.5, 0.6) is 5.75 Å². The molecule has 0 aliphatic carbocycles. The van der Waals surface area contributed by atoms with E-state index in [-0.39, 0.29) is 11.8 Å². The summed E-state index contributed by atoms with van der Waals surface area (Å²) in [7, 11) is 1.52. The fourth-order valence-electron chi connectivity index (χ4n) is 2.59. The van der Waals surface area contributed by atoms with E-state index in [1.54, 1.807) is 48.7 Å². The molecule has 3 aromatic rings. The molecule has 0 radical (unpaired) electrons. The summed E-state index contributed by atoms with van der Waals surface area (Å²) < 4.78 is 5.32. The van der Waals surface area contributed by atoms with Gasteiger partial charge in [-0.05, 0) is 48.9 Å². The van der Waals surface area contributed by atoms with Gasteiger partial charge in [-0.1, -0.05) is 24.3 Å². The predicted octanol–water partition coefficient (Wildman–Crippen LogP) is 3.90. The Morgan fingerprint density at radius 2 is 1.70 bits per heavy atom. The van der Waals surface area contributed by atoms with Gasteiger partial charge in [0.25, 0.3) is 11.8 Å². The second-order valence-corrected chi connectivity index (χ2v) is 5.85. The number of carbonyl (C=O) groups excluding carboxylic acids is 2. The summed E-state index contributed by atoms with van der Waals surface area (Å²) in [5.74, 6) is -0.0932. The van der Waals surface area contributed by atoms with Crippen LogP contribution in [-0.2, 0) is 0 Å². The van der Waals surface area contributed by atoms with Gasteiger partial charge in [-0.15, -0.1) is 0 Å². The van der Waals surface area contributed by atoms with Gasteiger partial charge >= 0.3 is 0 Å². The minimum Gasteiger partial charge on any atom is -0.495 e. The van der Waals surface area contributed by atoms with E-state index in [1.807, 2.05) is 25.1 Å². The number of hydrogen-bond acceptors (Lipinski definition) is 4. The molecule has 136 valence electrons. The second kappa shape index (κ2) is 8.14. The maximum Gasteiger partial charge on any atom is 0.274 e. The Bertz CT molecular complexity index is 971. The average Bonchev–Trinajstić information content (AvgIpc) is 2.69. The van der Waals surface area contributed by atoms with E-state index in [4.69, 9.17) is 4.74 Å². The number of aryl methyl sites for hydroxylation is 1. The molecule has 0 fully saturated rings. The number of hydrogen-bond donors (Lipinski definition) is 2. The summed E-state index contributed by atoms with van der Waals surface area (Å²) in [6.45, 7) is 1.87. The lowest BCUT2D eigenvalue weighted by molar-refractivity contribution is 0.101. The Hall–Kier alpha value is -3.67. The molecule has 1 aromatic heterocycles. The van der Waals surface area contributed by atoms with Crippen LogP contribution in [0.3, 0.4) is 0 Å². The molecule has 2 N–H and O–H groups in total. The first-order chi connectivity index (χ1) is 13.1. The molecular weight excluding hydrogens is 342 g/mol. The third-order valence-electron chi connectivity index (χ3n) is 3.99. The summed E-state index contributed by atoms with van der Waals surface area (Å²) in [5, 5.41) is 5.61. The van der Waals surface area contributed by atoms with Crippen molar-refractivity contribution in [2.45, 2.75) is 6.92 Å². The lowest BCUT2D eigenvalue weighted by atomic mass is 10.1. The monoisotopic (exact) mass is 361 g/mol. The Morgan fingerprint density at radius 1 is 0.926 bits per heavy atom. The van der Waals surface area contributed by atoms with E-state index in [1.165, 1.54) is 7.11 Å². The van der Waals surface area contributed by atoms with E-state index < -0.39 is 0 Å². The van der Waals surface area contributed by atoms with Crippen LogP contribution in [0.4, 0.5) is 11.4 Å². The first-order valence-electron chi connectivity index (χ1n) is 8.36. The van der Waals surface area contributed by atoms with E-state index in [0.29, 0.717) is 28.4 Å². The molecule has 0 bridgehead atoms. The van der Waals surface area contributed by atoms with Crippen LogP contribution in [0.25, 0.3) is 0 Å². The zero-order chi connectivity index (χ0) is 19.2. The Kier molecular flexibility index (Phi) is 5.47. The molecule has 0 aliphatic heterocycles. The minimum atomic E-state index is -0.336. The largest absolute Gasteiger partial charge is 0.495 e. The number of aromatic nitrogens is 1. The number of nitrogens with one attached hydrogen (secondary N) is 2. The van der Waals surface area contributed by atoms with E-state index in [9.17, 15) is 9.59 Å². The summed E-state index contributed by atoms with van der Waals surface area (Å²) in [4.78, 5) is 28.9. The van der Waals surface area contributed by atoms with E-state index in [2.05, 4.69) is 15.6 Å². The highest BCUT2D eigenvalue weighted by Gasteiger charge is 2.14. The van der Waals surface area contributed by atoms with Gasteiger partial charge in [-0.2, -0.15) is 0 Å². The zero-order valence-electron chi connectivity index (χ0n) is 15.0. The van der Waals surface area contributed by atoms with Crippen molar-refractivity contribution in [1.82, 2.24) is 4.98 Å². The van der Waals surface area contributed by atoms with Crippen LogP contribution in [-0.4, -0.2) is 23.9 Å². The number of benzene rings is 2. The number of anilines is 2. The molecule has 2 aromatic carbocycles. The fourth-order valence-corrected chi connectivity index (χ4v) is 2.59. The van der Waals surface area contributed by atoms with Crippen molar-refractivity contribution in [2.75, 3.05) is 17.7 Å². The lowest BCUT2D eigenvalue weighted by Gasteiger charge is -2.13. The number of methoxy groups -OCH3 is 1. The maximum atomic E-state index is 12.6. The Labute approximate surface area is 157 Å². The highest BCUT2D eigenvalue weighted by atomic mass is 16.5. The third kappa shape index (κ3) is 4.30. The molecule has 0 unspecified atom stereocenters. The first kappa shape index (κ1) is 18.1. The Balaban J connectivity index is 1.82. The van der Waals surface area contributed by atoms with Crippen molar-refractivity contribution in [3.63, 3.8) is 0 Å². The number of ether oxygens (including phenoxy) is 1. The molecule has 2 amide bonds. The highest BCUT2D eigenvalue weighted by molar-refractivity contribution is 6.07. The van der Waals surface area contributed by atoms with Gasteiger partial charge in [-0.3, -0.25) is 14.6 Å². The number of carbonyl (C=O) groups is 2. The minimum absolute atomic E-state index is 0.250. The van der Waals surface area contributed by atoms with E-state index in [0.717, 1.165) is 5.56 Å². The average molecular weight is 361 g/mol. The second-order valence-electron chi connectivity index (χ2n) is 5.85. The topological polar surface area (TPSA) is 80.3 Å². The van der Waals surface area contributed by atoms with Crippen molar-refractivity contribution in [1.29, 1.82) is 0 Å². The molecule has 0 saturated heterocycles. The normalized spacial score (nSPS) is 10.1. The molecule has 6 heteroatoms. The van der Waals surface area contributed by atoms with Gasteiger partial charge in [0.15, 0.2) is 0 Å². The Morgan fingerprint density at radius 3 is 2.41 bits per heavy atom. The quantitative estimate of drug-likeness (QED) is 0.722. The molecule has 1 heterocycles. The summed E-state index contributed by atoms with van der Waals surface area (Å²) >= 11 is 0. The summed E-state index contributed by atoms with van der Waals surface area (Å²) in [6.07, 6.45) is 1.55. The highest BCUT2D eigenvalue weighted by Crippen LogP contribution is 2.28. The number of pyridine rings is 1. The summed E-state index contributed by atoms with van der Waals surface area (Å²) in [6, 6.07) is 17.4. The molecule has 6 nitrogen and oxygen atoms in total. The molecule has 27 heavy (non-hydrogen) atoms. The SMILES string of the molecule is COc1ccc(NC(=O)c2ccccn2)cc1NC(=O)c1ccccc1C. The van der Waals surface area contributed by atoms with Gasteiger partial charge in [-0.25, -0.2) is 0 Å². The van der Waals surface area contributed by atoms with Crippen molar-refractivity contribution in [2.24, 2.45) is 0 Å². The van der Waals surface area contributed by atoms with Crippen molar-refractivity contribution in [3.8, 4) is 5.75 Å². The van der Waals surface area contributed by atoms with Gasteiger partial charge < -0.3 is 15.4 Å². The number of rotatable bonds is 5. The van der Waals surface area contributed by atoms with Crippen molar-refractivity contribution >= 4 is 23.2 Å². The smallest absolute Gasteiger partial charge is 0.274 e. The predicted molar refractivity (Wildman–Crippen MR) is 104 cm³/mol.